The summed E-state index contributed by atoms with van der Waals surface area (Å²) in [5, 5.41) is 0. The van der Waals surface area contributed by atoms with E-state index in [1.54, 1.807) is 0 Å². The summed E-state index contributed by atoms with van der Waals surface area (Å²) in [6, 6.07) is 1.16. The fraction of sp³-hybridized carbons (Fsp3) is 0.615. The van der Waals surface area contributed by atoms with Gasteiger partial charge in [-0.2, -0.15) is 0 Å². The van der Waals surface area contributed by atoms with Gasteiger partial charge in [0.05, 0.1) is 5.69 Å². The topological polar surface area (TPSA) is 56.1 Å². The zero-order valence-electron chi connectivity index (χ0n) is 11.6. The number of nitrogens with zero attached hydrogens (tertiary/aromatic N) is 1. The summed E-state index contributed by atoms with van der Waals surface area (Å²) in [6.07, 6.45) is 6.84. The van der Waals surface area contributed by atoms with Gasteiger partial charge in [0, 0.05) is 23.4 Å². The summed E-state index contributed by atoms with van der Waals surface area (Å²) in [6.45, 7) is 0.508. The first-order valence-corrected chi connectivity index (χ1v) is 10.3. The molecule has 0 spiro atoms. The first-order valence-electron chi connectivity index (χ1n) is 6.85. The van der Waals surface area contributed by atoms with Crippen LogP contribution in [0.2, 0.25) is 0 Å². The van der Waals surface area contributed by atoms with Crippen LogP contribution in [0.4, 0.5) is 0 Å². The first-order chi connectivity index (χ1) is 10.1. The highest BCUT2D eigenvalue weighted by atomic mass is 35.7. The second kappa shape index (κ2) is 6.89. The molecule has 1 aliphatic rings. The van der Waals surface area contributed by atoms with Gasteiger partial charge in [0.2, 0.25) is 5.78 Å². The van der Waals surface area contributed by atoms with Crippen LogP contribution in [0, 0.1) is 5.92 Å². The van der Waals surface area contributed by atoms with Crippen molar-refractivity contribution in [2.75, 3.05) is 0 Å². The van der Waals surface area contributed by atoms with E-state index in [1.165, 1.54) is 17.2 Å². The zero-order valence-corrected chi connectivity index (χ0v) is 15.4. The van der Waals surface area contributed by atoms with Crippen LogP contribution in [0.5, 0.6) is 0 Å². The molecular formula is C13H15Cl4NO3S. The van der Waals surface area contributed by atoms with Gasteiger partial charge in [-0.05, 0) is 24.8 Å². The standard InChI is InChI=1S/C13H15Cl4NO3S/c14-13(15,16)12(19)11-6-10(22(17,20)21)8-18(11)7-9-4-2-1-3-5-9/h6,8-9H,1-5,7H2. The van der Waals surface area contributed by atoms with Crippen LogP contribution in [0.1, 0.15) is 42.6 Å². The van der Waals surface area contributed by atoms with E-state index in [1.807, 2.05) is 0 Å². The van der Waals surface area contributed by atoms with E-state index in [-0.39, 0.29) is 10.6 Å². The minimum Gasteiger partial charge on any atom is -0.343 e. The van der Waals surface area contributed by atoms with Crippen molar-refractivity contribution in [3.05, 3.63) is 18.0 Å². The summed E-state index contributed by atoms with van der Waals surface area (Å²) >= 11 is 16.9. The maximum absolute atomic E-state index is 12.2. The molecule has 0 bridgehead atoms. The van der Waals surface area contributed by atoms with E-state index in [0.29, 0.717) is 12.5 Å². The average Bonchev–Trinajstić information content (AvgIpc) is 2.81. The Balaban J connectivity index is 2.37. The Kier molecular flexibility index (Phi) is 5.77. The highest BCUT2D eigenvalue weighted by Crippen LogP contribution is 2.33. The Morgan fingerprint density at radius 3 is 2.32 bits per heavy atom. The van der Waals surface area contributed by atoms with Crippen molar-refractivity contribution in [1.82, 2.24) is 4.57 Å². The number of Topliss-reactive ketones (excluding diaryl/α,β-unsaturated/α-hetero) is 1. The Labute approximate surface area is 149 Å². The van der Waals surface area contributed by atoms with E-state index < -0.39 is 18.6 Å². The Bertz CT molecular complexity index is 657. The smallest absolute Gasteiger partial charge is 0.262 e. The monoisotopic (exact) mass is 405 g/mol. The van der Waals surface area contributed by atoms with Gasteiger partial charge in [0.15, 0.2) is 0 Å². The van der Waals surface area contributed by atoms with Crippen molar-refractivity contribution < 1.29 is 13.2 Å². The van der Waals surface area contributed by atoms with Crippen LogP contribution in [0.3, 0.4) is 0 Å². The second-order valence-electron chi connectivity index (χ2n) is 5.48. The molecule has 1 aliphatic carbocycles. The maximum Gasteiger partial charge on any atom is 0.262 e. The van der Waals surface area contributed by atoms with Gasteiger partial charge in [-0.15, -0.1) is 0 Å². The van der Waals surface area contributed by atoms with Gasteiger partial charge >= 0.3 is 0 Å². The SMILES string of the molecule is O=C(c1cc(S(=O)(=O)Cl)cn1CC1CCCCC1)C(Cl)(Cl)Cl. The van der Waals surface area contributed by atoms with Crippen LogP contribution in [-0.4, -0.2) is 22.6 Å². The lowest BCUT2D eigenvalue weighted by Crippen LogP contribution is -2.24. The average molecular weight is 407 g/mol. The number of hydrogen-bond donors (Lipinski definition) is 0. The lowest BCUT2D eigenvalue weighted by Gasteiger charge is -2.23. The van der Waals surface area contributed by atoms with E-state index >= 15 is 0 Å². The van der Waals surface area contributed by atoms with Crippen molar-refractivity contribution >= 4 is 60.3 Å². The van der Waals surface area contributed by atoms with E-state index in [4.69, 9.17) is 45.5 Å². The largest absolute Gasteiger partial charge is 0.343 e. The van der Waals surface area contributed by atoms with Crippen molar-refractivity contribution in [3.8, 4) is 0 Å². The third-order valence-electron chi connectivity index (χ3n) is 3.82. The number of aromatic nitrogens is 1. The number of ketones is 1. The predicted molar refractivity (Wildman–Crippen MR) is 88.7 cm³/mol. The molecule has 0 aliphatic heterocycles. The summed E-state index contributed by atoms with van der Waals surface area (Å²) in [7, 11) is 1.40. The molecule has 22 heavy (non-hydrogen) atoms. The van der Waals surface area contributed by atoms with Crippen LogP contribution in [-0.2, 0) is 15.6 Å². The first kappa shape index (κ1) is 18.4. The predicted octanol–water partition coefficient (Wildman–Crippen LogP) is 4.55. The Hall–Kier alpha value is 0.0600. The summed E-state index contributed by atoms with van der Waals surface area (Å²) < 4.78 is 22.4. The van der Waals surface area contributed by atoms with Crippen LogP contribution >= 0.6 is 45.5 Å². The highest BCUT2D eigenvalue weighted by molar-refractivity contribution is 8.13. The summed E-state index contributed by atoms with van der Waals surface area (Å²) in [5.74, 6) is -0.395. The fourth-order valence-electron chi connectivity index (χ4n) is 2.75. The molecule has 1 fully saturated rings. The van der Waals surface area contributed by atoms with Crippen molar-refractivity contribution in [2.45, 2.75) is 47.3 Å². The van der Waals surface area contributed by atoms with Gasteiger partial charge in [-0.1, -0.05) is 54.1 Å². The molecule has 0 atom stereocenters. The lowest BCUT2D eigenvalue weighted by atomic mass is 9.89. The molecule has 0 saturated heterocycles. The summed E-state index contributed by atoms with van der Waals surface area (Å²) in [4.78, 5) is 12.1. The van der Waals surface area contributed by atoms with Crippen LogP contribution in [0.15, 0.2) is 17.2 Å². The zero-order chi connectivity index (χ0) is 16.5. The molecule has 0 amide bonds. The Morgan fingerprint density at radius 1 is 1.23 bits per heavy atom. The highest BCUT2D eigenvalue weighted by Gasteiger charge is 2.35. The van der Waals surface area contributed by atoms with Gasteiger partial charge in [-0.3, -0.25) is 4.79 Å². The molecular weight excluding hydrogens is 392 g/mol. The van der Waals surface area contributed by atoms with Crippen molar-refractivity contribution in [1.29, 1.82) is 0 Å². The van der Waals surface area contributed by atoms with E-state index in [9.17, 15) is 13.2 Å². The lowest BCUT2D eigenvalue weighted by molar-refractivity contribution is 0.0986. The summed E-state index contributed by atoms with van der Waals surface area (Å²) in [5.41, 5.74) is 0.0461. The Morgan fingerprint density at radius 2 is 1.82 bits per heavy atom. The molecule has 9 heteroatoms. The third kappa shape index (κ3) is 4.54. The number of carbonyl (C=O) groups excluding carboxylic acids is 1. The fourth-order valence-corrected chi connectivity index (χ4v) is 3.80. The van der Waals surface area contributed by atoms with Gasteiger partial charge in [-0.25, -0.2) is 8.42 Å². The van der Waals surface area contributed by atoms with Crippen LogP contribution < -0.4 is 0 Å². The van der Waals surface area contributed by atoms with Crippen molar-refractivity contribution in [2.24, 2.45) is 5.92 Å². The molecule has 4 nitrogen and oxygen atoms in total. The number of carbonyl (C=O) groups is 1. The molecule has 1 saturated carbocycles. The molecule has 124 valence electrons. The van der Waals surface area contributed by atoms with E-state index in [0.717, 1.165) is 31.7 Å². The molecule has 1 aromatic rings. The number of hydrogen-bond acceptors (Lipinski definition) is 3. The normalized spacial score (nSPS) is 17.6. The van der Waals surface area contributed by atoms with Gasteiger partial charge in [0.25, 0.3) is 12.8 Å². The van der Waals surface area contributed by atoms with Crippen LogP contribution in [0.25, 0.3) is 0 Å². The van der Waals surface area contributed by atoms with Gasteiger partial charge in [0.1, 0.15) is 4.90 Å². The van der Waals surface area contributed by atoms with Gasteiger partial charge < -0.3 is 4.57 Å². The third-order valence-corrected chi connectivity index (χ3v) is 5.66. The quantitative estimate of drug-likeness (QED) is 0.418. The molecule has 0 radical (unpaired) electrons. The maximum atomic E-state index is 12.2. The minimum atomic E-state index is -3.95. The minimum absolute atomic E-state index is 0.0461. The molecule has 0 unspecified atom stereocenters. The second-order valence-corrected chi connectivity index (χ2v) is 10.3. The molecule has 2 rings (SSSR count). The molecule has 1 aromatic heterocycles. The van der Waals surface area contributed by atoms with Crippen molar-refractivity contribution in [3.63, 3.8) is 0 Å². The van der Waals surface area contributed by atoms with E-state index in [2.05, 4.69) is 0 Å². The molecule has 0 N–H and O–H groups in total. The molecule has 1 heterocycles. The molecule has 0 aromatic carbocycles. The number of alkyl halides is 3. The number of halogens is 4. The number of rotatable bonds is 4.